The van der Waals surface area contributed by atoms with E-state index in [9.17, 15) is 4.39 Å². The maximum absolute atomic E-state index is 12.9. The van der Waals surface area contributed by atoms with Crippen LogP contribution in [0.25, 0.3) is 0 Å². The van der Waals surface area contributed by atoms with Crippen molar-refractivity contribution in [3.8, 4) is 0 Å². The number of guanidine groups is 1. The lowest BCUT2D eigenvalue weighted by Gasteiger charge is -2.11. The van der Waals surface area contributed by atoms with Crippen LogP contribution >= 0.6 is 24.0 Å². The van der Waals surface area contributed by atoms with Crippen molar-refractivity contribution in [3.63, 3.8) is 0 Å². The molecule has 0 aliphatic heterocycles. The molecule has 0 bridgehead atoms. The quantitative estimate of drug-likeness (QED) is 0.265. The second-order valence-electron chi connectivity index (χ2n) is 6.11. The van der Waals surface area contributed by atoms with E-state index in [2.05, 4.69) is 25.8 Å². The minimum absolute atomic E-state index is 0. The molecule has 0 radical (unpaired) electrons. The van der Waals surface area contributed by atoms with Crippen molar-refractivity contribution in [1.29, 1.82) is 0 Å². The van der Waals surface area contributed by atoms with Crippen molar-refractivity contribution >= 4 is 29.9 Å². The molecule has 0 unspecified atom stereocenters. The highest BCUT2D eigenvalue weighted by molar-refractivity contribution is 14.0. The van der Waals surface area contributed by atoms with Crippen molar-refractivity contribution < 1.29 is 8.91 Å². The first kappa shape index (κ1) is 22.3. The molecule has 6 nitrogen and oxygen atoms in total. The number of benzene rings is 1. The van der Waals surface area contributed by atoms with Crippen molar-refractivity contribution in [3.05, 3.63) is 47.4 Å². The number of aromatic nitrogens is 2. The van der Waals surface area contributed by atoms with Crippen LogP contribution in [0.3, 0.4) is 0 Å². The summed E-state index contributed by atoms with van der Waals surface area (Å²) in [4.78, 5) is 8.55. The summed E-state index contributed by atoms with van der Waals surface area (Å²) < 4.78 is 18.1. The average Bonchev–Trinajstić information content (AvgIpc) is 3.08. The van der Waals surface area contributed by atoms with Gasteiger partial charge in [0, 0.05) is 32.5 Å². The van der Waals surface area contributed by atoms with E-state index in [1.165, 1.54) is 12.1 Å². The zero-order valence-corrected chi connectivity index (χ0v) is 17.8. The lowest BCUT2D eigenvalue weighted by atomic mass is 10.1. The van der Waals surface area contributed by atoms with Gasteiger partial charge in [-0.2, -0.15) is 4.98 Å². The fraction of sp³-hybridized carbons (Fsp3) is 0.500. The number of halogens is 2. The van der Waals surface area contributed by atoms with Gasteiger partial charge in [0.05, 0.1) is 0 Å². The Bertz CT molecular complexity index is 672. The number of rotatable bonds is 8. The minimum atomic E-state index is -0.212. The van der Waals surface area contributed by atoms with Crippen molar-refractivity contribution in [2.45, 2.75) is 39.0 Å². The largest absolute Gasteiger partial charge is 0.356 e. The molecule has 0 aliphatic rings. The Morgan fingerprint density at radius 3 is 2.46 bits per heavy atom. The first-order chi connectivity index (χ1) is 12.1. The number of hydrogen-bond donors (Lipinski definition) is 2. The summed E-state index contributed by atoms with van der Waals surface area (Å²) in [5.74, 6) is 2.23. The van der Waals surface area contributed by atoms with Crippen LogP contribution in [0.5, 0.6) is 0 Å². The summed E-state index contributed by atoms with van der Waals surface area (Å²) in [5.41, 5.74) is 1.08. The van der Waals surface area contributed by atoms with Gasteiger partial charge in [-0.05, 0) is 30.5 Å². The highest BCUT2D eigenvalue weighted by Crippen LogP contribution is 2.10. The molecule has 144 valence electrons. The van der Waals surface area contributed by atoms with Gasteiger partial charge in [-0.15, -0.1) is 24.0 Å². The van der Waals surface area contributed by atoms with E-state index in [1.54, 1.807) is 19.2 Å². The molecule has 0 aliphatic carbocycles. The predicted molar refractivity (Wildman–Crippen MR) is 112 cm³/mol. The summed E-state index contributed by atoms with van der Waals surface area (Å²) in [6, 6.07) is 6.54. The fourth-order valence-electron chi connectivity index (χ4n) is 2.25. The Kier molecular flexibility index (Phi) is 10.2. The van der Waals surface area contributed by atoms with Crippen LogP contribution in [0.15, 0.2) is 33.8 Å². The van der Waals surface area contributed by atoms with Crippen molar-refractivity contribution in [2.75, 3.05) is 20.1 Å². The van der Waals surface area contributed by atoms with E-state index >= 15 is 0 Å². The van der Waals surface area contributed by atoms with E-state index < -0.39 is 0 Å². The number of aliphatic imine (C=N–C) groups is 1. The van der Waals surface area contributed by atoms with E-state index in [1.807, 2.05) is 13.8 Å². The fourth-order valence-corrected chi connectivity index (χ4v) is 2.25. The Labute approximate surface area is 171 Å². The zero-order valence-electron chi connectivity index (χ0n) is 15.5. The van der Waals surface area contributed by atoms with Crippen LogP contribution in [-0.2, 0) is 12.8 Å². The van der Waals surface area contributed by atoms with Crippen LogP contribution in [0.2, 0.25) is 0 Å². The molecular formula is C18H27FIN5O. The summed E-state index contributed by atoms with van der Waals surface area (Å²) in [6.07, 6.45) is 2.42. The van der Waals surface area contributed by atoms with Gasteiger partial charge in [-0.25, -0.2) is 4.39 Å². The third-order valence-corrected chi connectivity index (χ3v) is 3.70. The number of nitrogens with one attached hydrogen (secondary N) is 2. The van der Waals surface area contributed by atoms with E-state index in [0.29, 0.717) is 5.89 Å². The standard InChI is InChI=1S/C18H26FN5O.HI/c1-13(2)17-23-16(25-24-17)5-4-11-21-18(20-3)22-12-10-14-6-8-15(19)9-7-14;/h6-9,13H,4-5,10-12H2,1-3H3,(H2,20,21,22);1H. The van der Waals surface area contributed by atoms with E-state index in [0.717, 1.165) is 49.7 Å². The van der Waals surface area contributed by atoms with Gasteiger partial charge in [0.2, 0.25) is 5.89 Å². The van der Waals surface area contributed by atoms with Gasteiger partial charge < -0.3 is 15.2 Å². The third kappa shape index (κ3) is 7.67. The highest BCUT2D eigenvalue weighted by atomic mass is 127. The van der Waals surface area contributed by atoms with Crippen molar-refractivity contribution in [2.24, 2.45) is 4.99 Å². The number of aryl methyl sites for hydroxylation is 1. The maximum atomic E-state index is 12.9. The average molecular weight is 475 g/mol. The lowest BCUT2D eigenvalue weighted by Crippen LogP contribution is -2.38. The summed E-state index contributed by atoms with van der Waals surface area (Å²) in [5, 5.41) is 10.5. The number of hydrogen-bond acceptors (Lipinski definition) is 4. The molecule has 2 aromatic rings. The Hall–Kier alpha value is -1.71. The first-order valence-corrected chi connectivity index (χ1v) is 8.60. The summed E-state index contributed by atoms with van der Waals surface area (Å²) in [7, 11) is 1.74. The zero-order chi connectivity index (χ0) is 18.1. The molecule has 8 heteroatoms. The molecule has 1 heterocycles. The molecule has 1 aromatic carbocycles. The van der Waals surface area contributed by atoms with Gasteiger partial charge in [0.15, 0.2) is 11.8 Å². The van der Waals surface area contributed by atoms with Crippen LogP contribution in [0.4, 0.5) is 4.39 Å². The third-order valence-electron chi connectivity index (χ3n) is 3.70. The van der Waals surface area contributed by atoms with Gasteiger partial charge in [0.25, 0.3) is 0 Å². The molecule has 2 N–H and O–H groups in total. The second kappa shape index (κ2) is 11.8. The van der Waals surface area contributed by atoms with Gasteiger partial charge in [-0.3, -0.25) is 4.99 Å². The van der Waals surface area contributed by atoms with Crippen LogP contribution in [0.1, 0.15) is 43.5 Å². The smallest absolute Gasteiger partial charge is 0.226 e. The SMILES string of the molecule is CN=C(NCCCc1nc(C(C)C)no1)NCCc1ccc(F)cc1.I. The first-order valence-electron chi connectivity index (χ1n) is 8.60. The molecule has 1 aromatic heterocycles. The molecule has 0 amide bonds. The topological polar surface area (TPSA) is 75.3 Å². The van der Waals surface area contributed by atoms with Gasteiger partial charge in [0.1, 0.15) is 5.82 Å². The van der Waals surface area contributed by atoms with Crippen molar-refractivity contribution in [1.82, 2.24) is 20.8 Å². The lowest BCUT2D eigenvalue weighted by molar-refractivity contribution is 0.368. The van der Waals surface area contributed by atoms with Crippen LogP contribution in [0, 0.1) is 5.82 Å². The molecular weight excluding hydrogens is 448 g/mol. The van der Waals surface area contributed by atoms with Gasteiger partial charge in [-0.1, -0.05) is 31.1 Å². The highest BCUT2D eigenvalue weighted by Gasteiger charge is 2.09. The van der Waals surface area contributed by atoms with Gasteiger partial charge >= 0.3 is 0 Å². The molecule has 0 spiro atoms. The summed E-state index contributed by atoms with van der Waals surface area (Å²) >= 11 is 0. The second-order valence-corrected chi connectivity index (χ2v) is 6.11. The molecule has 0 saturated carbocycles. The van der Waals surface area contributed by atoms with Crippen LogP contribution < -0.4 is 10.6 Å². The molecule has 2 rings (SSSR count). The molecule has 0 fully saturated rings. The number of nitrogens with zero attached hydrogens (tertiary/aromatic N) is 3. The predicted octanol–water partition coefficient (Wildman–Crippen LogP) is 3.29. The maximum Gasteiger partial charge on any atom is 0.226 e. The Balaban J connectivity index is 0.00000338. The van der Waals surface area contributed by atoms with E-state index in [4.69, 9.17) is 4.52 Å². The molecule has 0 atom stereocenters. The summed E-state index contributed by atoms with van der Waals surface area (Å²) in [6.45, 7) is 5.57. The van der Waals surface area contributed by atoms with Crippen LogP contribution in [-0.4, -0.2) is 36.2 Å². The minimum Gasteiger partial charge on any atom is -0.356 e. The van der Waals surface area contributed by atoms with E-state index in [-0.39, 0.29) is 35.7 Å². The Morgan fingerprint density at radius 1 is 1.15 bits per heavy atom. The normalized spacial score (nSPS) is 11.3. The molecule has 0 saturated heterocycles. The monoisotopic (exact) mass is 475 g/mol. The molecule has 26 heavy (non-hydrogen) atoms. The Morgan fingerprint density at radius 2 is 1.85 bits per heavy atom.